The minimum Gasteiger partial charge on any atom is -0.409 e. The van der Waals surface area contributed by atoms with Crippen molar-refractivity contribution in [2.24, 2.45) is 0 Å². The average molecular weight is 276 g/mol. The molecule has 5 nitrogen and oxygen atoms in total. The van der Waals surface area contributed by atoms with E-state index in [0.717, 1.165) is 16.9 Å². The van der Waals surface area contributed by atoms with Crippen LogP contribution in [0.1, 0.15) is 5.69 Å². The summed E-state index contributed by atoms with van der Waals surface area (Å²) in [5, 5.41) is 10.8. The van der Waals surface area contributed by atoms with Gasteiger partial charge in [-0.3, -0.25) is 0 Å². The number of H-pyrrole nitrogens is 1. The molecule has 0 radical (unpaired) electrons. The fourth-order valence-corrected chi connectivity index (χ4v) is 1.93. The molecule has 2 heterocycles. The van der Waals surface area contributed by atoms with E-state index in [2.05, 4.69) is 15.3 Å². The second-order valence-electron chi connectivity index (χ2n) is 3.95. The molecule has 96 valence electrons. The molecule has 0 aliphatic carbocycles. The van der Waals surface area contributed by atoms with Crippen molar-refractivity contribution >= 4 is 12.2 Å². The third kappa shape index (κ3) is 2.08. The maximum atomic E-state index is 12.9. The van der Waals surface area contributed by atoms with Crippen molar-refractivity contribution in [3.05, 3.63) is 46.8 Å². The topological polar surface area (TPSA) is 59.6 Å². The van der Waals surface area contributed by atoms with Gasteiger partial charge >= 0.3 is 0 Å². The minimum atomic E-state index is -0.285. The molecule has 1 aromatic carbocycles. The molecule has 0 saturated heterocycles. The molecule has 0 aliphatic heterocycles. The Hall–Kier alpha value is -2.28. The quantitative estimate of drug-likeness (QED) is 0.731. The number of hydrogen-bond acceptors (Lipinski definition) is 4. The number of hydrogen-bond donors (Lipinski definition) is 1. The molecule has 0 atom stereocenters. The fourth-order valence-electron chi connectivity index (χ4n) is 1.81. The zero-order chi connectivity index (χ0) is 13.4. The van der Waals surface area contributed by atoms with Crippen LogP contribution in [-0.2, 0) is 0 Å². The molecule has 0 spiro atoms. The van der Waals surface area contributed by atoms with E-state index in [1.165, 1.54) is 12.1 Å². The van der Waals surface area contributed by atoms with Crippen LogP contribution in [-0.4, -0.2) is 20.0 Å². The molecule has 2 aromatic heterocycles. The first-order valence-corrected chi connectivity index (χ1v) is 5.92. The van der Waals surface area contributed by atoms with E-state index in [9.17, 15) is 4.39 Å². The van der Waals surface area contributed by atoms with E-state index >= 15 is 0 Å². The smallest absolute Gasteiger partial charge is 0.284 e. The van der Waals surface area contributed by atoms with Crippen molar-refractivity contribution in [1.29, 1.82) is 0 Å². The van der Waals surface area contributed by atoms with Crippen LogP contribution in [0, 0.1) is 17.6 Å². The van der Waals surface area contributed by atoms with Crippen molar-refractivity contribution in [2.45, 2.75) is 6.92 Å². The van der Waals surface area contributed by atoms with Crippen LogP contribution in [0.2, 0.25) is 0 Å². The molecule has 3 aromatic rings. The van der Waals surface area contributed by atoms with E-state index in [1.54, 1.807) is 23.0 Å². The molecule has 7 heteroatoms. The van der Waals surface area contributed by atoms with Gasteiger partial charge in [0.15, 0.2) is 0 Å². The number of nitrogens with one attached hydrogen (secondary N) is 1. The second kappa shape index (κ2) is 4.43. The standard InChI is InChI=1S/C12H9FN4OS/c1-7-10(11-15-16-12(19)18-11)6-14-17(7)9-4-2-8(13)3-5-9/h2-6H,1H3,(H,16,19). The summed E-state index contributed by atoms with van der Waals surface area (Å²) in [6.07, 6.45) is 1.63. The van der Waals surface area contributed by atoms with Gasteiger partial charge in [0.1, 0.15) is 5.82 Å². The maximum absolute atomic E-state index is 12.9. The van der Waals surface area contributed by atoms with Crippen LogP contribution in [0.25, 0.3) is 17.1 Å². The van der Waals surface area contributed by atoms with Crippen molar-refractivity contribution in [2.75, 3.05) is 0 Å². The molecule has 0 bridgehead atoms. The summed E-state index contributed by atoms with van der Waals surface area (Å²) in [5.74, 6) is 0.0997. The Morgan fingerprint density at radius 3 is 2.68 bits per heavy atom. The van der Waals surface area contributed by atoms with Crippen molar-refractivity contribution in [3.63, 3.8) is 0 Å². The number of aromatic nitrogens is 4. The van der Waals surface area contributed by atoms with Gasteiger partial charge in [0.25, 0.3) is 4.84 Å². The number of aromatic amines is 1. The predicted molar refractivity (Wildman–Crippen MR) is 68.9 cm³/mol. The first-order chi connectivity index (χ1) is 9.15. The Morgan fingerprint density at radius 1 is 1.32 bits per heavy atom. The predicted octanol–water partition coefficient (Wildman–Crippen LogP) is 3.03. The first-order valence-electron chi connectivity index (χ1n) is 5.51. The Morgan fingerprint density at radius 2 is 2.05 bits per heavy atom. The Bertz CT molecular complexity index is 772. The van der Waals surface area contributed by atoms with E-state index in [0.29, 0.717) is 5.89 Å². The van der Waals surface area contributed by atoms with Gasteiger partial charge in [-0.2, -0.15) is 5.10 Å². The molecule has 19 heavy (non-hydrogen) atoms. The minimum absolute atomic E-state index is 0.212. The summed E-state index contributed by atoms with van der Waals surface area (Å²) < 4.78 is 19.8. The zero-order valence-corrected chi connectivity index (χ0v) is 10.7. The van der Waals surface area contributed by atoms with Gasteiger partial charge in [-0.1, -0.05) is 0 Å². The van der Waals surface area contributed by atoms with E-state index in [-0.39, 0.29) is 10.7 Å². The van der Waals surface area contributed by atoms with Gasteiger partial charge in [-0.05, 0) is 43.4 Å². The third-order valence-corrected chi connectivity index (χ3v) is 2.92. The number of nitrogens with zero attached hydrogens (tertiary/aromatic N) is 3. The number of halogens is 1. The molecular formula is C12H9FN4OS. The van der Waals surface area contributed by atoms with E-state index < -0.39 is 0 Å². The summed E-state index contributed by atoms with van der Waals surface area (Å²) in [6.45, 7) is 1.87. The third-order valence-electron chi connectivity index (χ3n) is 2.75. The molecule has 0 amide bonds. The Labute approximate surface area is 112 Å². The van der Waals surface area contributed by atoms with Gasteiger partial charge in [0, 0.05) is 0 Å². The van der Waals surface area contributed by atoms with Crippen LogP contribution in [0.5, 0.6) is 0 Å². The van der Waals surface area contributed by atoms with Gasteiger partial charge in [0.2, 0.25) is 5.89 Å². The summed E-state index contributed by atoms with van der Waals surface area (Å²) in [4.78, 5) is 0.212. The lowest BCUT2D eigenvalue weighted by molar-refractivity contribution is 0.551. The molecule has 0 unspecified atom stereocenters. The van der Waals surface area contributed by atoms with E-state index in [1.807, 2.05) is 6.92 Å². The number of benzene rings is 1. The lowest BCUT2D eigenvalue weighted by atomic mass is 10.2. The molecule has 0 aliphatic rings. The lowest BCUT2D eigenvalue weighted by Gasteiger charge is -2.04. The van der Waals surface area contributed by atoms with Gasteiger partial charge in [-0.25, -0.2) is 14.2 Å². The summed E-state index contributed by atoms with van der Waals surface area (Å²) in [5.41, 5.74) is 2.33. The highest BCUT2D eigenvalue weighted by Crippen LogP contribution is 2.23. The highest BCUT2D eigenvalue weighted by molar-refractivity contribution is 7.71. The highest BCUT2D eigenvalue weighted by Gasteiger charge is 2.14. The maximum Gasteiger partial charge on any atom is 0.284 e. The number of rotatable bonds is 2. The first kappa shape index (κ1) is 11.8. The monoisotopic (exact) mass is 276 g/mol. The SMILES string of the molecule is Cc1c(-c2n[nH]c(=S)o2)cnn1-c1ccc(F)cc1. The summed E-state index contributed by atoms with van der Waals surface area (Å²) in [7, 11) is 0. The van der Waals surface area contributed by atoms with Crippen molar-refractivity contribution < 1.29 is 8.81 Å². The van der Waals surface area contributed by atoms with Crippen LogP contribution in [0.15, 0.2) is 34.9 Å². The van der Waals surface area contributed by atoms with Gasteiger partial charge in [0.05, 0.1) is 23.1 Å². The van der Waals surface area contributed by atoms with Crippen molar-refractivity contribution in [1.82, 2.24) is 20.0 Å². The van der Waals surface area contributed by atoms with Crippen LogP contribution in [0.3, 0.4) is 0 Å². The summed E-state index contributed by atoms with van der Waals surface area (Å²) in [6, 6.07) is 6.07. The van der Waals surface area contributed by atoms with Gasteiger partial charge in [-0.15, -0.1) is 5.10 Å². The molecule has 0 saturated carbocycles. The second-order valence-corrected chi connectivity index (χ2v) is 4.32. The molecule has 0 fully saturated rings. The van der Waals surface area contributed by atoms with Gasteiger partial charge < -0.3 is 4.42 Å². The molecule has 3 rings (SSSR count). The molecule has 1 N–H and O–H groups in total. The molecular weight excluding hydrogens is 267 g/mol. The summed E-state index contributed by atoms with van der Waals surface area (Å²) >= 11 is 4.84. The normalized spacial score (nSPS) is 10.8. The van der Waals surface area contributed by atoms with E-state index in [4.69, 9.17) is 16.6 Å². The van der Waals surface area contributed by atoms with Crippen LogP contribution >= 0.6 is 12.2 Å². The largest absolute Gasteiger partial charge is 0.409 e. The van der Waals surface area contributed by atoms with Crippen LogP contribution < -0.4 is 0 Å². The average Bonchev–Trinajstić information content (AvgIpc) is 2.97. The van der Waals surface area contributed by atoms with Crippen LogP contribution in [0.4, 0.5) is 4.39 Å². The highest BCUT2D eigenvalue weighted by atomic mass is 32.1. The Kier molecular flexibility index (Phi) is 2.75. The zero-order valence-electron chi connectivity index (χ0n) is 9.92. The Balaban J connectivity index is 2.08. The van der Waals surface area contributed by atoms with Crippen molar-refractivity contribution in [3.8, 4) is 17.1 Å². The fraction of sp³-hybridized carbons (Fsp3) is 0.0833. The lowest BCUT2D eigenvalue weighted by Crippen LogP contribution is -1.98.